The van der Waals surface area contributed by atoms with E-state index in [1.807, 2.05) is 6.92 Å². The molecular weight excluding hydrogens is 392 g/mol. The number of nitrogens with one attached hydrogen (secondary N) is 1. The molecule has 0 aliphatic rings. The normalized spacial score (nSPS) is 11.7. The third kappa shape index (κ3) is 4.02. The zero-order valence-corrected chi connectivity index (χ0v) is 16.2. The van der Waals surface area contributed by atoms with E-state index in [1.54, 1.807) is 48.7 Å². The molecule has 6 nitrogen and oxygen atoms in total. The molecular formula is C22H17ClN2O4. The average Bonchev–Trinajstić information content (AvgIpc) is 3.23. The number of aromatic hydroxyl groups is 1. The molecule has 0 fully saturated rings. The van der Waals surface area contributed by atoms with Crippen molar-refractivity contribution >= 4 is 34.2 Å². The van der Waals surface area contributed by atoms with E-state index in [0.717, 1.165) is 5.56 Å². The lowest BCUT2D eigenvalue weighted by molar-refractivity contribution is 0.0944. The molecule has 0 bridgehead atoms. The van der Waals surface area contributed by atoms with E-state index < -0.39 is 0 Å². The summed E-state index contributed by atoms with van der Waals surface area (Å²) in [6.45, 7) is 2.07. The van der Waals surface area contributed by atoms with Crippen LogP contribution in [0.1, 0.15) is 21.7 Å². The Morgan fingerprint density at radius 1 is 1.17 bits per heavy atom. The van der Waals surface area contributed by atoms with Gasteiger partial charge in [-0.05, 0) is 55.0 Å². The summed E-state index contributed by atoms with van der Waals surface area (Å²) in [6.07, 6.45) is 1.54. The topological polar surface area (TPSA) is 88.0 Å². The number of rotatable bonds is 4. The van der Waals surface area contributed by atoms with E-state index in [9.17, 15) is 9.90 Å². The van der Waals surface area contributed by atoms with Gasteiger partial charge in [-0.25, -0.2) is 4.99 Å². The molecule has 0 aliphatic heterocycles. The molecule has 0 saturated carbocycles. The highest BCUT2D eigenvalue weighted by Gasteiger charge is 2.14. The number of halogens is 1. The first-order valence-electron chi connectivity index (χ1n) is 8.88. The van der Waals surface area contributed by atoms with E-state index in [2.05, 4.69) is 10.3 Å². The second-order valence-corrected chi connectivity index (χ2v) is 6.85. The SMILES string of the molecule is Cc1c(Cl)cccc1N=c1oc2cc(O)ccc2cc1C(=O)NCc1ccco1. The number of hydrogen-bond donors (Lipinski definition) is 2. The maximum absolute atomic E-state index is 12.9. The van der Waals surface area contributed by atoms with Crippen LogP contribution in [0.25, 0.3) is 11.0 Å². The summed E-state index contributed by atoms with van der Waals surface area (Å²) in [6, 6.07) is 15.2. The van der Waals surface area contributed by atoms with Gasteiger partial charge in [-0.1, -0.05) is 17.7 Å². The van der Waals surface area contributed by atoms with Crippen LogP contribution in [0.4, 0.5) is 5.69 Å². The molecule has 0 saturated heterocycles. The average molecular weight is 409 g/mol. The van der Waals surface area contributed by atoms with Gasteiger partial charge >= 0.3 is 0 Å². The van der Waals surface area contributed by atoms with Crippen LogP contribution in [0, 0.1) is 6.92 Å². The second-order valence-electron chi connectivity index (χ2n) is 6.45. The third-order valence-corrected chi connectivity index (χ3v) is 4.85. The number of carbonyl (C=O) groups is 1. The van der Waals surface area contributed by atoms with Crippen LogP contribution in [0.3, 0.4) is 0 Å². The standard InChI is InChI=1S/C22H17ClN2O4/c1-13-18(23)5-2-6-19(13)25-22-17(21(27)24-12-16-4-3-9-28-16)10-14-7-8-15(26)11-20(14)29-22/h2-11,26H,12H2,1H3,(H,24,27). The maximum atomic E-state index is 12.9. The molecule has 0 atom stereocenters. The van der Waals surface area contributed by atoms with Crippen molar-refractivity contribution in [3.8, 4) is 5.75 Å². The Bertz CT molecular complexity index is 1260. The smallest absolute Gasteiger partial charge is 0.257 e. The lowest BCUT2D eigenvalue weighted by Crippen LogP contribution is -2.28. The van der Waals surface area contributed by atoms with Crippen molar-refractivity contribution in [3.05, 3.63) is 88.3 Å². The summed E-state index contributed by atoms with van der Waals surface area (Å²) in [5.41, 5.74) is 2.13. The van der Waals surface area contributed by atoms with Gasteiger partial charge in [-0.3, -0.25) is 4.79 Å². The van der Waals surface area contributed by atoms with Crippen LogP contribution in [-0.4, -0.2) is 11.0 Å². The van der Waals surface area contributed by atoms with Crippen LogP contribution >= 0.6 is 11.6 Å². The Hall–Kier alpha value is -3.51. The van der Waals surface area contributed by atoms with E-state index in [-0.39, 0.29) is 29.3 Å². The van der Waals surface area contributed by atoms with Crippen LogP contribution in [0.2, 0.25) is 5.02 Å². The predicted molar refractivity (Wildman–Crippen MR) is 109 cm³/mol. The lowest BCUT2D eigenvalue weighted by Gasteiger charge is -2.07. The number of fused-ring (bicyclic) bond motifs is 1. The number of hydrogen-bond acceptors (Lipinski definition) is 5. The lowest BCUT2D eigenvalue weighted by atomic mass is 10.1. The van der Waals surface area contributed by atoms with Crippen molar-refractivity contribution < 1.29 is 18.7 Å². The summed E-state index contributed by atoms with van der Waals surface area (Å²) >= 11 is 6.19. The molecule has 29 heavy (non-hydrogen) atoms. The summed E-state index contributed by atoms with van der Waals surface area (Å²) < 4.78 is 11.1. The molecule has 4 aromatic rings. The van der Waals surface area contributed by atoms with E-state index in [4.69, 9.17) is 20.4 Å². The third-order valence-electron chi connectivity index (χ3n) is 4.44. The Labute approximate surface area is 171 Å². The molecule has 1 amide bonds. The van der Waals surface area contributed by atoms with Crippen LogP contribution in [0.15, 0.2) is 74.7 Å². The minimum atomic E-state index is -0.362. The number of phenols is 1. The fraction of sp³-hybridized carbons (Fsp3) is 0.0909. The van der Waals surface area contributed by atoms with Gasteiger partial charge in [0.15, 0.2) is 0 Å². The maximum Gasteiger partial charge on any atom is 0.257 e. The number of nitrogens with zero attached hydrogens (tertiary/aromatic N) is 1. The molecule has 146 valence electrons. The van der Waals surface area contributed by atoms with E-state index >= 15 is 0 Å². The summed E-state index contributed by atoms with van der Waals surface area (Å²) in [4.78, 5) is 17.4. The molecule has 2 N–H and O–H groups in total. The van der Waals surface area contributed by atoms with Gasteiger partial charge < -0.3 is 19.3 Å². The highest BCUT2D eigenvalue weighted by molar-refractivity contribution is 6.31. The molecule has 2 aromatic carbocycles. The monoisotopic (exact) mass is 408 g/mol. The number of furan rings is 1. The fourth-order valence-electron chi connectivity index (χ4n) is 2.86. The summed E-state index contributed by atoms with van der Waals surface area (Å²) in [5.74, 6) is 0.324. The number of phenolic OH excluding ortho intramolecular Hbond substituents is 1. The zero-order chi connectivity index (χ0) is 20.4. The van der Waals surface area contributed by atoms with Crippen LogP contribution < -0.4 is 10.9 Å². The highest BCUT2D eigenvalue weighted by atomic mass is 35.5. The van der Waals surface area contributed by atoms with Gasteiger partial charge in [0, 0.05) is 16.5 Å². The first-order valence-corrected chi connectivity index (χ1v) is 9.26. The van der Waals surface area contributed by atoms with E-state index in [1.165, 1.54) is 12.1 Å². The van der Waals surface area contributed by atoms with Crippen molar-refractivity contribution in [2.75, 3.05) is 0 Å². The van der Waals surface area contributed by atoms with Crippen molar-refractivity contribution in [2.24, 2.45) is 4.99 Å². The minimum absolute atomic E-state index is 0.0566. The zero-order valence-electron chi connectivity index (χ0n) is 15.5. The summed E-state index contributed by atoms with van der Waals surface area (Å²) in [5, 5.41) is 13.8. The van der Waals surface area contributed by atoms with Crippen molar-refractivity contribution in [3.63, 3.8) is 0 Å². The van der Waals surface area contributed by atoms with Crippen LogP contribution in [-0.2, 0) is 6.54 Å². The fourth-order valence-corrected chi connectivity index (χ4v) is 3.02. The van der Waals surface area contributed by atoms with Gasteiger partial charge in [-0.15, -0.1) is 0 Å². The molecule has 0 radical (unpaired) electrons. The first kappa shape index (κ1) is 18.8. The largest absolute Gasteiger partial charge is 0.508 e. The van der Waals surface area contributed by atoms with Crippen molar-refractivity contribution in [1.29, 1.82) is 0 Å². The Morgan fingerprint density at radius 2 is 2.03 bits per heavy atom. The Balaban J connectivity index is 1.83. The Kier molecular flexibility index (Phi) is 5.10. The Morgan fingerprint density at radius 3 is 2.83 bits per heavy atom. The number of amides is 1. The highest BCUT2D eigenvalue weighted by Crippen LogP contribution is 2.25. The quantitative estimate of drug-likeness (QED) is 0.505. The number of benzene rings is 2. The van der Waals surface area contributed by atoms with Gasteiger partial charge in [0.1, 0.15) is 22.7 Å². The second kappa shape index (κ2) is 7.85. The van der Waals surface area contributed by atoms with Gasteiger partial charge in [0.25, 0.3) is 5.91 Å². The van der Waals surface area contributed by atoms with Crippen molar-refractivity contribution in [2.45, 2.75) is 13.5 Å². The summed E-state index contributed by atoms with van der Waals surface area (Å²) in [7, 11) is 0. The minimum Gasteiger partial charge on any atom is -0.508 e. The molecule has 0 aliphatic carbocycles. The van der Waals surface area contributed by atoms with E-state index in [0.29, 0.717) is 27.4 Å². The molecule has 4 rings (SSSR count). The predicted octanol–water partition coefficient (Wildman–Crippen LogP) is 4.86. The molecule has 2 aromatic heterocycles. The van der Waals surface area contributed by atoms with Crippen molar-refractivity contribution in [1.82, 2.24) is 5.32 Å². The molecule has 0 unspecified atom stereocenters. The van der Waals surface area contributed by atoms with Crippen LogP contribution in [0.5, 0.6) is 5.75 Å². The molecule has 7 heteroatoms. The van der Waals surface area contributed by atoms with Gasteiger partial charge in [-0.2, -0.15) is 0 Å². The molecule has 0 spiro atoms. The molecule has 2 heterocycles. The number of carbonyl (C=O) groups excluding carboxylic acids is 1. The van der Waals surface area contributed by atoms with Gasteiger partial charge in [0.05, 0.1) is 18.5 Å². The first-order chi connectivity index (χ1) is 14.0. The van der Waals surface area contributed by atoms with Gasteiger partial charge in [0.2, 0.25) is 5.55 Å².